The molecule has 96 valence electrons. The Morgan fingerprint density at radius 3 is 2.47 bits per heavy atom. The van der Waals surface area contributed by atoms with Crippen molar-refractivity contribution in [2.24, 2.45) is 0 Å². The van der Waals surface area contributed by atoms with Crippen LogP contribution < -0.4 is 5.32 Å². The molecule has 0 radical (unpaired) electrons. The highest BCUT2D eigenvalue weighted by atomic mass is 16.5. The average molecular weight is 238 g/mol. The maximum Gasteiger partial charge on any atom is 0.242 e. The second-order valence-electron chi connectivity index (χ2n) is 3.71. The van der Waals surface area contributed by atoms with Crippen LogP contribution in [-0.2, 0) is 17.6 Å². The molecule has 1 rings (SSSR count). The molecule has 0 aliphatic heterocycles. The first-order valence-electron chi connectivity index (χ1n) is 6.35. The van der Waals surface area contributed by atoms with Gasteiger partial charge in [0.15, 0.2) is 0 Å². The maximum absolute atomic E-state index is 5.26. The van der Waals surface area contributed by atoms with Crippen LogP contribution >= 0.6 is 0 Å². The molecular weight excluding hydrogens is 216 g/mol. The van der Waals surface area contributed by atoms with Crippen molar-refractivity contribution in [3.8, 4) is 0 Å². The smallest absolute Gasteiger partial charge is 0.242 e. The van der Waals surface area contributed by atoms with Gasteiger partial charge in [0.1, 0.15) is 0 Å². The van der Waals surface area contributed by atoms with Crippen molar-refractivity contribution < 1.29 is 4.74 Å². The van der Waals surface area contributed by atoms with Gasteiger partial charge in [0.2, 0.25) is 5.95 Å². The van der Waals surface area contributed by atoms with Crippen molar-refractivity contribution in [1.29, 1.82) is 0 Å². The zero-order chi connectivity index (χ0) is 12.5. The summed E-state index contributed by atoms with van der Waals surface area (Å²) in [4.78, 5) is 4.45. The summed E-state index contributed by atoms with van der Waals surface area (Å²) in [6, 6.07) is 0. The number of nitrogens with zero attached hydrogens (tertiary/aromatic N) is 3. The topological polar surface area (TPSA) is 59.9 Å². The van der Waals surface area contributed by atoms with Gasteiger partial charge in [-0.05, 0) is 26.2 Å². The Morgan fingerprint density at radius 1 is 1.06 bits per heavy atom. The van der Waals surface area contributed by atoms with Crippen LogP contribution in [0.25, 0.3) is 0 Å². The van der Waals surface area contributed by atoms with Gasteiger partial charge in [-0.25, -0.2) is 4.98 Å². The van der Waals surface area contributed by atoms with E-state index in [-0.39, 0.29) is 0 Å². The number of aromatic nitrogens is 3. The van der Waals surface area contributed by atoms with E-state index in [1.54, 1.807) is 0 Å². The largest absolute Gasteiger partial charge is 0.382 e. The lowest BCUT2D eigenvalue weighted by atomic mass is 10.2. The van der Waals surface area contributed by atoms with Crippen LogP contribution in [0.5, 0.6) is 0 Å². The van der Waals surface area contributed by atoms with E-state index in [2.05, 4.69) is 34.3 Å². The molecule has 1 heterocycles. The summed E-state index contributed by atoms with van der Waals surface area (Å²) < 4.78 is 5.26. The van der Waals surface area contributed by atoms with E-state index >= 15 is 0 Å². The molecule has 5 heteroatoms. The Morgan fingerprint density at radius 2 is 1.82 bits per heavy atom. The van der Waals surface area contributed by atoms with E-state index in [1.165, 1.54) is 0 Å². The summed E-state index contributed by atoms with van der Waals surface area (Å²) in [5.74, 6) is 0.621. The Hall–Kier alpha value is -1.23. The van der Waals surface area contributed by atoms with Gasteiger partial charge in [-0.2, -0.15) is 5.10 Å². The second-order valence-corrected chi connectivity index (χ2v) is 3.71. The third-order valence-electron chi connectivity index (χ3n) is 2.46. The monoisotopic (exact) mass is 238 g/mol. The third-order valence-corrected chi connectivity index (χ3v) is 2.46. The van der Waals surface area contributed by atoms with Gasteiger partial charge in [-0.15, -0.1) is 5.10 Å². The fourth-order valence-electron chi connectivity index (χ4n) is 1.53. The number of nitrogens with one attached hydrogen (secondary N) is 1. The minimum Gasteiger partial charge on any atom is -0.382 e. The molecule has 0 aromatic carbocycles. The number of ether oxygens (including phenoxy) is 1. The second kappa shape index (κ2) is 7.95. The average Bonchev–Trinajstić information content (AvgIpc) is 2.38. The lowest BCUT2D eigenvalue weighted by Crippen LogP contribution is -2.11. The van der Waals surface area contributed by atoms with E-state index in [4.69, 9.17) is 4.74 Å². The summed E-state index contributed by atoms with van der Waals surface area (Å²) in [5, 5.41) is 11.4. The predicted octanol–water partition coefficient (Wildman–Crippen LogP) is 1.83. The molecule has 0 aliphatic rings. The molecule has 0 bridgehead atoms. The first-order chi connectivity index (χ1) is 8.31. The SMILES string of the molecule is CCOCCCNc1nnc(CC)c(CC)n1. The third kappa shape index (κ3) is 4.65. The fourth-order valence-corrected chi connectivity index (χ4v) is 1.53. The van der Waals surface area contributed by atoms with Crippen molar-refractivity contribution in [2.75, 3.05) is 25.1 Å². The number of hydrogen-bond acceptors (Lipinski definition) is 5. The van der Waals surface area contributed by atoms with Crippen molar-refractivity contribution in [3.63, 3.8) is 0 Å². The molecule has 0 saturated heterocycles. The molecule has 0 atom stereocenters. The Kier molecular flexibility index (Phi) is 6.47. The molecule has 0 saturated carbocycles. The Labute approximate surface area is 103 Å². The highest BCUT2D eigenvalue weighted by molar-refractivity contribution is 5.25. The predicted molar refractivity (Wildman–Crippen MR) is 68.2 cm³/mol. The van der Waals surface area contributed by atoms with E-state index < -0.39 is 0 Å². The van der Waals surface area contributed by atoms with Gasteiger partial charge in [-0.1, -0.05) is 13.8 Å². The lowest BCUT2D eigenvalue weighted by Gasteiger charge is -2.07. The molecule has 1 aromatic heterocycles. The van der Waals surface area contributed by atoms with E-state index in [0.29, 0.717) is 5.95 Å². The first kappa shape index (κ1) is 13.8. The highest BCUT2D eigenvalue weighted by Crippen LogP contribution is 2.06. The maximum atomic E-state index is 5.26. The van der Waals surface area contributed by atoms with E-state index in [0.717, 1.165) is 50.4 Å². The minimum absolute atomic E-state index is 0.621. The molecule has 0 unspecified atom stereocenters. The van der Waals surface area contributed by atoms with Crippen LogP contribution in [0.4, 0.5) is 5.95 Å². The molecule has 1 aromatic rings. The zero-order valence-corrected chi connectivity index (χ0v) is 11.0. The first-order valence-corrected chi connectivity index (χ1v) is 6.35. The summed E-state index contributed by atoms with van der Waals surface area (Å²) in [7, 11) is 0. The van der Waals surface area contributed by atoms with Crippen LogP contribution in [0.3, 0.4) is 0 Å². The zero-order valence-electron chi connectivity index (χ0n) is 11.0. The molecule has 0 fully saturated rings. The normalized spacial score (nSPS) is 10.5. The van der Waals surface area contributed by atoms with Crippen LogP contribution in [0.1, 0.15) is 38.6 Å². The van der Waals surface area contributed by atoms with E-state index in [1.807, 2.05) is 6.92 Å². The standard InChI is InChI=1S/C12H22N4O/c1-4-10-11(5-2)15-16-12(14-10)13-8-7-9-17-6-3/h4-9H2,1-3H3,(H,13,14,16). The fraction of sp³-hybridized carbons (Fsp3) is 0.750. The Balaban J connectivity index is 2.43. The molecule has 17 heavy (non-hydrogen) atoms. The molecule has 0 aliphatic carbocycles. The van der Waals surface area contributed by atoms with Crippen LogP contribution in [0, 0.1) is 0 Å². The van der Waals surface area contributed by atoms with Crippen molar-refractivity contribution in [3.05, 3.63) is 11.4 Å². The van der Waals surface area contributed by atoms with Crippen molar-refractivity contribution in [1.82, 2.24) is 15.2 Å². The quantitative estimate of drug-likeness (QED) is 0.700. The van der Waals surface area contributed by atoms with Crippen LogP contribution in [0.15, 0.2) is 0 Å². The number of aryl methyl sites for hydroxylation is 2. The van der Waals surface area contributed by atoms with E-state index in [9.17, 15) is 0 Å². The summed E-state index contributed by atoms with van der Waals surface area (Å²) in [6.07, 6.45) is 2.73. The lowest BCUT2D eigenvalue weighted by molar-refractivity contribution is 0.147. The minimum atomic E-state index is 0.621. The Bertz CT molecular complexity index is 330. The summed E-state index contributed by atoms with van der Waals surface area (Å²) in [6.45, 7) is 8.50. The van der Waals surface area contributed by atoms with Gasteiger partial charge in [-0.3, -0.25) is 0 Å². The summed E-state index contributed by atoms with van der Waals surface area (Å²) >= 11 is 0. The van der Waals surface area contributed by atoms with Gasteiger partial charge in [0.25, 0.3) is 0 Å². The molecule has 5 nitrogen and oxygen atoms in total. The van der Waals surface area contributed by atoms with Crippen molar-refractivity contribution in [2.45, 2.75) is 40.0 Å². The van der Waals surface area contributed by atoms with Crippen molar-refractivity contribution >= 4 is 5.95 Å². The van der Waals surface area contributed by atoms with Gasteiger partial charge < -0.3 is 10.1 Å². The highest BCUT2D eigenvalue weighted by Gasteiger charge is 2.05. The van der Waals surface area contributed by atoms with Crippen LogP contribution in [0.2, 0.25) is 0 Å². The van der Waals surface area contributed by atoms with Gasteiger partial charge >= 0.3 is 0 Å². The number of hydrogen-bond donors (Lipinski definition) is 1. The van der Waals surface area contributed by atoms with Gasteiger partial charge in [0, 0.05) is 19.8 Å². The molecule has 1 N–H and O–H groups in total. The van der Waals surface area contributed by atoms with Crippen LogP contribution in [-0.4, -0.2) is 34.9 Å². The molecule has 0 spiro atoms. The molecular formula is C12H22N4O. The summed E-state index contributed by atoms with van der Waals surface area (Å²) in [5.41, 5.74) is 2.03. The van der Waals surface area contributed by atoms with Gasteiger partial charge in [0.05, 0.1) is 11.4 Å². The number of rotatable bonds is 8. The number of anilines is 1. The molecule has 0 amide bonds.